The summed E-state index contributed by atoms with van der Waals surface area (Å²) < 4.78 is 40.5. The first-order chi connectivity index (χ1) is 16.8. The van der Waals surface area contributed by atoms with Crippen LogP contribution in [0.5, 0.6) is 5.75 Å². The molecule has 1 fully saturated rings. The third-order valence-corrected chi connectivity index (χ3v) is 5.45. The quantitative estimate of drug-likeness (QED) is 0.495. The normalized spacial score (nSPS) is 15.0. The number of hydrogen-bond donors (Lipinski definition) is 2. The van der Waals surface area contributed by atoms with Crippen LogP contribution in [0.3, 0.4) is 0 Å². The summed E-state index contributed by atoms with van der Waals surface area (Å²) in [6, 6.07) is 10.5. The molecular weight excluding hydrogens is 463 g/mol. The molecule has 0 aliphatic carbocycles. The second-order valence-corrected chi connectivity index (χ2v) is 7.94. The van der Waals surface area contributed by atoms with Crippen molar-refractivity contribution >= 4 is 34.5 Å². The van der Waals surface area contributed by atoms with Crippen LogP contribution in [0.4, 0.5) is 24.8 Å². The lowest BCUT2D eigenvalue weighted by Crippen LogP contribution is -2.47. The highest BCUT2D eigenvalue weighted by atomic mass is 19.4. The van der Waals surface area contributed by atoms with Gasteiger partial charge in [-0.3, -0.25) is 9.69 Å². The van der Waals surface area contributed by atoms with E-state index >= 15 is 0 Å². The number of alkyl halides is 3. The topological polar surface area (TPSA) is 90.8 Å². The Balaban J connectivity index is 1.35. The summed E-state index contributed by atoms with van der Waals surface area (Å²) in [5.74, 6) is -0.0737. The highest BCUT2D eigenvalue weighted by molar-refractivity contribution is 6.02. The number of aliphatic hydroxyl groups is 1. The molecule has 1 aromatic heterocycles. The number of benzene rings is 2. The molecule has 1 saturated heterocycles. The number of halogens is 3. The average Bonchev–Trinajstić information content (AvgIpc) is 2.83. The lowest BCUT2D eigenvalue weighted by Gasteiger charge is -2.34. The lowest BCUT2D eigenvalue weighted by molar-refractivity contribution is -0.274. The van der Waals surface area contributed by atoms with E-state index in [4.69, 9.17) is 5.11 Å². The molecule has 184 valence electrons. The number of fused-ring (bicyclic) bond motifs is 1. The monoisotopic (exact) mass is 487 g/mol. The molecular formula is C24H24F3N5O3. The van der Waals surface area contributed by atoms with Crippen LogP contribution in [0.25, 0.3) is 17.0 Å². The van der Waals surface area contributed by atoms with Crippen LogP contribution in [0.1, 0.15) is 5.56 Å². The van der Waals surface area contributed by atoms with E-state index in [-0.39, 0.29) is 12.4 Å². The summed E-state index contributed by atoms with van der Waals surface area (Å²) in [4.78, 5) is 25.7. The summed E-state index contributed by atoms with van der Waals surface area (Å²) in [6.45, 7) is 4.06. The molecule has 11 heteroatoms. The first kappa shape index (κ1) is 24.4. The molecule has 1 aliphatic rings. The zero-order valence-corrected chi connectivity index (χ0v) is 18.7. The Morgan fingerprint density at radius 2 is 1.86 bits per heavy atom. The zero-order chi connectivity index (χ0) is 24.8. The van der Waals surface area contributed by atoms with E-state index in [9.17, 15) is 18.0 Å². The maximum absolute atomic E-state index is 12.3. The highest BCUT2D eigenvalue weighted by Gasteiger charge is 2.30. The first-order valence-electron chi connectivity index (χ1n) is 11.0. The third kappa shape index (κ3) is 6.90. The fourth-order valence-corrected chi connectivity index (χ4v) is 3.70. The van der Waals surface area contributed by atoms with Gasteiger partial charge in [-0.15, -0.1) is 13.2 Å². The van der Waals surface area contributed by atoms with Gasteiger partial charge in [0, 0.05) is 56.1 Å². The van der Waals surface area contributed by atoms with Gasteiger partial charge in [0.15, 0.2) is 0 Å². The van der Waals surface area contributed by atoms with Gasteiger partial charge in [-0.1, -0.05) is 12.1 Å². The van der Waals surface area contributed by atoms with Gasteiger partial charge in [-0.05, 0) is 42.0 Å². The van der Waals surface area contributed by atoms with Gasteiger partial charge in [-0.2, -0.15) is 0 Å². The Hall–Kier alpha value is -3.70. The van der Waals surface area contributed by atoms with Crippen LogP contribution in [0.15, 0.2) is 54.7 Å². The number of nitrogens with zero attached hydrogens (tertiary/aromatic N) is 4. The Labute approximate surface area is 199 Å². The SMILES string of the molecule is O=C(/C=C/c1ccc(OC(F)(F)F)cc1)Nc1ccc2nc(N3CCN(CCO)CC3)ncc2c1. The molecule has 1 aliphatic heterocycles. The maximum Gasteiger partial charge on any atom is 0.573 e. The Bertz CT molecular complexity index is 1190. The van der Waals surface area contributed by atoms with Gasteiger partial charge >= 0.3 is 6.36 Å². The van der Waals surface area contributed by atoms with E-state index in [1.165, 1.54) is 36.4 Å². The summed E-state index contributed by atoms with van der Waals surface area (Å²) in [6.07, 6.45) is -0.253. The predicted octanol–water partition coefficient (Wildman–Crippen LogP) is 3.29. The molecule has 0 bridgehead atoms. The molecule has 0 radical (unpaired) electrons. The summed E-state index contributed by atoms with van der Waals surface area (Å²) in [5.41, 5.74) is 1.86. The fourth-order valence-electron chi connectivity index (χ4n) is 3.70. The molecule has 2 N–H and O–H groups in total. The summed E-state index contributed by atoms with van der Waals surface area (Å²) in [5, 5.41) is 12.6. The molecule has 2 aromatic carbocycles. The number of nitrogens with one attached hydrogen (secondary N) is 1. The second-order valence-electron chi connectivity index (χ2n) is 7.94. The van der Waals surface area contributed by atoms with E-state index in [1.54, 1.807) is 24.4 Å². The van der Waals surface area contributed by atoms with E-state index in [2.05, 4.69) is 29.8 Å². The highest BCUT2D eigenvalue weighted by Crippen LogP contribution is 2.23. The van der Waals surface area contributed by atoms with E-state index in [0.717, 1.165) is 37.1 Å². The average molecular weight is 487 g/mol. The Morgan fingerprint density at radius 1 is 1.11 bits per heavy atom. The van der Waals surface area contributed by atoms with Crippen LogP contribution in [0, 0.1) is 0 Å². The number of carbonyl (C=O) groups excluding carboxylic acids is 1. The fraction of sp³-hybridized carbons (Fsp3) is 0.292. The van der Waals surface area contributed by atoms with Gasteiger partial charge in [0.1, 0.15) is 5.75 Å². The largest absolute Gasteiger partial charge is 0.573 e. The zero-order valence-electron chi connectivity index (χ0n) is 18.7. The lowest BCUT2D eigenvalue weighted by atomic mass is 10.2. The van der Waals surface area contributed by atoms with Crippen LogP contribution in [-0.2, 0) is 4.79 Å². The van der Waals surface area contributed by atoms with E-state index < -0.39 is 12.3 Å². The second kappa shape index (κ2) is 10.7. The molecule has 3 aromatic rings. The number of aliphatic hydroxyl groups excluding tert-OH is 1. The maximum atomic E-state index is 12.3. The number of piperazine rings is 1. The number of β-amino-alcohol motifs (C(OH)–C–C–N with tert-alkyl or cyclic N) is 1. The molecule has 1 amide bonds. The van der Waals surface area contributed by atoms with Crippen molar-refractivity contribution in [2.75, 3.05) is 49.5 Å². The standard InChI is InChI=1S/C24H24F3N5O3/c25-24(26,27)35-20-5-1-17(2-6-20)3-8-22(34)29-19-4-7-21-18(15-19)16-28-23(30-21)32-11-9-31(10-12-32)13-14-33/h1-8,15-16,33H,9-14H2,(H,29,34)/b8-3+. The molecule has 2 heterocycles. The van der Waals surface area contributed by atoms with Gasteiger partial charge < -0.3 is 20.1 Å². The minimum absolute atomic E-state index is 0.148. The van der Waals surface area contributed by atoms with Crippen LogP contribution < -0.4 is 15.0 Å². The van der Waals surface area contributed by atoms with Crippen molar-refractivity contribution in [1.29, 1.82) is 0 Å². The number of rotatable bonds is 7. The molecule has 35 heavy (non-hydrogen) atoms. The number of aromatic nitrogens is 2. The molecule has 0 atom stereocenters. The number of ether oxygens (including phenoxy) is 1. The molecule has 0 spiro atoms. The smallest absolute Gasteiger partial charge is 0.406 e. The number of hydrogen-bond acceptors (Lipinski definition) is 7. The van der Waals surface area contributed by atoms with Crippen molar-refractivity contribution in [3.63, 3.8) is 0 Å². The first-order valence-corrected chi connectivity index (χ1v) is 11.0. The molecule has 0 saturated carbocycles. The van der Waals surface area contributed by atoms with E-state index in [0.29, 0.717) is 23.7 Å². The minimum Gasteiger partial charge on any atom is -0.406 e. The van der Waals surface area contributed by atoms with Crippen molar-refractivity contribution < 1.29 is 27.8 Å². The van der Waals surface area contributed by atoms with Crippen LogP contribution in [-0.4, -0.2) is 71.6 Å². The summed E-state index contributed by atoms with van der Waals surface area (Å²) >= 11 is 0. The van der Waals surface area contributed by atoms with Crippen molar-refractivity contribution in [2.45, 2.75) is 6.36 Å². The van der Waals surface area contributed by atoms with Gasteiger partial charge in [0.25, 0.3) is 0 Å². The number of amides is 1. The van der Waals surface area contributed by atoms with Crippen molar-refractivity contribution in [3.8, 4) is 5.75 Å². The van der Waals surface area contributed by atoms with Crippen molar-refractivity contribution in [1.82, 2.24) is 14.9 Å². The third-order valence-electron chi connectivity index (χ3n) is 5.45. The molecule has 4 rings (SSSR count). The molecule has 8 nitrogen and oxygen atoms in total. The Morgan fingerprint density at radius 3 is 2.54 bits per heavy atom. The van der Waals surface area contributed by atoms with Crippen LogP contribution >= 0.6 is 0 Å². The van der Waals surface area contributed by atoms with Crippen molar-refractivity contribution in [2.24, 2.45) is 0 Å². The van der Waals surface area contributed by atoms with Gasteiger partial charge in [0.2, 0.25) is 11.9 Å². The summed E-state index contributed by atoms with van der Waals surface area (Å²) in [7, 11) is 0. The van der Waals surface area contributed by atoms with Crippen LogP contribution in [0.2, 0.25) is 0 Å². The predicted molar refractivity (Wildman–Crippen MR) is 126 cm³/mol. The minimum atomic E-state index is -4.75. The van der Waals surface area contributed by atoms with Crippen molar-refractivity contribution in [3.05, 3.63) is 60.3 Å². The Kier molecular flexibility index (Phi) is 7.47. The number of carbonyl (C=O) groups is 1. The van der Waals surface area contributed by atoms with Gasteiger partial charge in [-0.25, -0.2) is 9.97 Å². The van der Waals surface area contributed by atoms with E-state index in [1.807, 2.05) is 0 Å². The number of anilines is 2. The van der Waals surface area contributed by atoms with Gasteiger partial charge in [0.05, 0.1) is 12.1 Å². The molecule has 0 unspecified atom stereocenters.